The summed E-state index contributed by atoms with van der Waals surface area (Å²) < 4.78 is 1.26. The van der Waals surface area contributed by atoms with Crippen molar-refractivity contribution in [3.05, 3.63) is 33.8 Å². The van der Waals surface area contributed by atoms with Crippen LogP contribution in [0.4, 0.5) is 0 Å². The number of fused-ring (bicyclic) bond motifs is 1. The molecule has 2 aliphatic rings. The maximum Gasteiger partial charge on any atom is 0.0245 e. The van der Waals surface area contributed by atoms with Gasteiger partial charge in [0, 0.05) is 30.7 Å². The first-order chi connectivity index (χ1) is 9.26. The minimum Gasteiger partial charge on any atom is -0.316 e. The number of hydrogen-bond acceptors (Lipinski definition) is 2. The Kier molecular flexibility index (Phi) is 4.25. The van der Waals surface area contributed by atoms with Crippen molar-refractivity contribution in [2.24, 2.45) is 11.8 Å². The van der Waals surface area contributed by atoms with Gasteiger partial charge < -0.3 is 5.32 Å². The van der Waals surface area contributed by atoms with Crippen LogP contribution >= 0.6 is 15.9 Å². The lowest BCUT2D eigenvalue weighted by molar-refractivity contribution is 0.303. The molecule has 104 valence electrons. The second-order valence-electron chi connectivity index (χ2n) is 6.10. The first kappa shape index (κ1) is 13.6. The van der Waals surface area contributed by atoms with Gasteiger partial charge in [0.15, 0.2) is 0 Å². The fourth-order valence-electron chi connectivity index (χ4n) is 3.74. The molecule has 2 fully saturated rings. The number of likely N-dealkylation sites (tertiary alicyclic amines) is 1. The van der Waals surface area contributed by atoms with Crippen molar-refractivity contribution in [3.8, 4) is 0 Å². The third kappa shape index (κ3) is 3.04. The largest absolute Gasteiger partial charge is 0.316 e. The highest BCUT2D eigenvalue weighted by Crippen LogP contribution is 2.38. The SMILES string of the molecule is CNCc1ccc(CN2CC3CCCC3C2)c(Br)c1. The van der Waals surface area contributed by atoms with Crippen molar-refractivity contribution >= 4 is 15.9 Å². The lowest BCUT2D eigenvalue weighted by atomic mass is 10.0. The minimum absolute atomic E-state index is 0.937. The maximum absolute atomic E-state index is 3.73. The molecule has 1 N–H and O–H groups in total. The van der Waals surface area contributed by atoms with Crippen LogP contribution in [0.3, 0.4) is 0 Å². The van der Waals surface area contributed by atoms with Crippen molar-refractivity contribution < 1.29 is 0 Å². The Morgan fingerprint density at radius 1 is 1.26 bits per heavy atom. The Morgan fingerprint density at radius 2 is 2.00 bits per heavy atom. The summed E-state index contributed by atoms with van der Waals surface area (Å²) in [7, 11) is 1.99. The molecule has 0 spiro atoms. The van der Waals surface area contributed by atoms with Crippen LogP contribution < -0.4 is 5.32 Å². The van der Waals surface area contributed by atoms with Crippen LogP contribution in [0, 0.1) is 11.8 Å². The predicted molar refractivity (Wildman–Crippen MR) is 83.0 cm³/mol. The summed E-state index contributed by atoms with van der Waals surface area (Å²) in [4.78, 5) is 2.65. The van der Waals surface area contributed by atoms with Crippen LogP contribution in [0.2, 0.25) is 0 Å². The smallest absolute Gasteiger partial charge is 0.0245 e. The second-order valence-corrected chi connectivity index (χ2v) is 6.96. The highest BCUT2D eigenvalue weighted by molar-refractivity contribution is 9.10. The third-order valence-corrected chi connectivity index (χ3v) is 5.43. The normalized spacial score (nSPS) is 26.8. The molecular weight excluding hydrogens is 300 g/mol. The number of nitrogens with one attached hydrogen (secondary N) is 1. The van der Waals surface area contributed by atoms with Gasteiger partial charge in [0.05, 0.1) is 0 Å². The van der Waals surface area contributed by atoms with Crippen LogP contribution in [0.1, 0.15) is 30.4 Å². The van der Waals surface area contributed by atoms with Crippen LogP contribution in [0.5, 0.6) is 0 Å². The molecule has 1 aromatic rings. The molecule has 0 radical (unpaired) electrons. The standard InChI is InChI=1S/C16H23BrN2/c1-18-8-12-5-6-15(16(17)7-12)11-19-9-13-3-2-4-14(13)10-19/h5-7,13-14,18H,2-4,8-11H2,1H3. The zero-order valence-corrected chi connectivity index (χ0v) is 13.2. The first-order valence-electron chi connectivity index (χ1n) is 7.40. The topological polar surface area (TPSA) is 15.3 Å². The van der Waals surface area contributed by atoms with Crippen LogP contribution in [-0.4, -0.2) is 25.0 Å². The van der Waals surface area contributed by atoms with Crippen molar-refractivity contribution in [3.63, 3.8) is 0 Å². The maximum atomic E-state index is 3.73. The second kappa shape index (κ2) is 5.94. The van der Waals surface area contributed by atoms with Crippen LogP contribution in [0.25, 0.3) is 0 Å². The van der Waals surface area contributed by atoms with Gasteiger partial charge >= 0.3 is 0 Å². The highest BCUT2D eigenvalue weighted by Gasteiger charge is 2.35. The average Bonchev–Trinajstić information content (AvgIpc) is 2.93. The van der Waals surface area contributed by atoms with E-state index in [1.165, 1.54) is 48.0 Å². The molecule has 1 aliphatic heterocycles. The number of rotatable bonds is 4. The quantitative estimate of drug-likeness (QED) is 0.914. The molecule has 0 bridgehead atoms. The summed E-state index contributed by atoms with van der Waals surface area (Å²) in [5.74, 6) is 1.98. The Morgan fingerprint density at radius 3 is 2.63 bits per heavy atom. The zero-order valence-electron chi connectivity index (χ0n) is 11.7. The van der Waals surface area contributed by atoms with E-state index in [2.05, 4.69) is 44.3 Å². The van der Waals surface area contributed by atoms with Gasteiger partial charge in [0.1, 0.15) is 0 Å². The molecule has 2 unspecified atom stereocenters. The van der Waals surface area contributed by atoms with Gasteiger partial charge in [-0.15, -0.1) is 0 Å². The van der Waals surface area contributed by atoms with Gasteiger partial charge in [0.2, 0.25) is 0 Å². The van der Waals surface area contributed by atoms with E-state index in [0.717, 1.165) is 24.9 Å². The molecule has 2 atom stereocenters. The molecule has 0 amide bonds. The Balaban J connectivity index is 1.64. The van der Waals surface area contributed by atoms with E-state index in [0.29, 0.717) is 0 Å². The van der Waals surface area contributed by atoms with E-state index < -0.39 is 0 Å². The molecule has 1 aliphatic carbocycles. The van der Waals surface area contributed by atoms with Gasteiger partial charge in [-0.25, -0.2) is 0 Å². The Hall–Kier alpha value is -0.380. The predicted octanol–water partition coefficient (Wildman–Crippen LogP) is 3.40. The highest BCUT2D eigenvalue weighted by atomic mass is 79.9. The van der Waals surface area contributed by atoms with E-state index in [4.69, 9.17) is 0 Å². The molecule has 2 nitrogen and oxygen atoms in total. The molecule has 1 aromatic carbocycles. The van der Waals surface area contributed by atoms with E-state index >= 15 is 0 Å². The number of hydrogen-bond donors (Lipinski definition) is 1. The Labute approximate surface area is 124 Å². The van der Waals surface area contributed by atoms with Gasteiger partial charge in [-0.3, -0.25) is 4.90 Å². The lowest BCUT2D eigenvalue weighted by Crippen LogP contribution is -2.21. The molecule has 1 saturated heterocycles. The fraction of sp³-hybridized carbons (Fsp3) is 0.625. The van der Waals surface area contributed by atoms with Crippen molar-refractivity contribution in [2.75, 3.05) is 20.1 Å². The van der Waals surface area contributed by atoms with Gasteiger partial charge in [-0.05, 0) is 48.9 Å². The van der Waals surface area contributed by atoms with E-state index in [1.54, 1.807) is 0 Å². The average molecular weight is 323 g/mol. The Bertz CT molecular complexity index is 434. The first-order valence-corrected chi connectivity index (χ1v) is 8.20. The molecule has 1 saturated carbocycles. The summed E-state index contributed by atoms with van der Waals surface area (Å²) in [6.07, 6.45) is 4.39. The van der Waals surface area contributed by atoms with Crippen LogP contribution in [-0.2, 0) is 13.1 Å². The van der Waals surface area contributed by atoms with Gasteiger partial charge in [0.25, 0.3) is 0 Å². The van der Waals surface area contributed by atoms with Crippen molar-refractivity contribution in [1.29, 1.82) is 0 Å². The third-order valence-electron chi connectivity index (χ3n) is 4.69. The molecule has 19 heavy (non-hydrogen) atoms. The number of nitrogens with zero attached hydrogens (tertiary/aromatic N) is 1. The summed E-state index contributed by atoms with van der Waals surface area (Å²) in [6.45, 7) is 4.67. The van der Waals surface area contributed by atoms with E-state index in [9.17, 15) is 0 Å². The number of benzene rings is 1. The molecule has 3 heteroatoms. The summed E-state index contributed by atoms with van der Waals surface area (Å²) in [6, 6.07) is 6.78. The summed E-state index contributed by atoms with van der Waals surface area (Å²) >= 11 is 3.73. The van der Waals surface area contributed by atoms with E-state index in [1.807, 2.05) is 7.05 Å². The number of halogens is 1. The molecule has 0 aromatic heterocycles. The lowest BCUT2D eigenvalue weighted by Gasteiger charge is -2.18. The fourth-order valence-corrected chi connectivity index (χ4v) is 4.29. The zero-order chi connectivity index (χ0) is 13.2. The van der Waals surface area contributed by atoms with Crippen molar-refractivity contribution in [1.82, 2.24) is 10.2 Å². The van der Waals surface area contributed by atoms with Crippen LogP contribution in [0.15, 0.2) is 22.7 Å². The monoisotopic (exact) mass is 322 g/mol. The van der Waals surface area contributed by atoms with E-state index in [-0.39, 0.29) is 0 Å². The van der Waals surface area contributed by atoms with Crippen molar-refractivity contribution in [2.45, 2.75) is 32.4 Å². The summed E-state index contributed by atoms with van der Waals surface area (Å²) in [5.41, 5.74) is 2.77. The molecule has 3 rings (SSSR count). The van der Waals surface area contributed by atoms with Gasteiger partial charge in [-0.1, -0.05) is 34.5 Å². The minimum atomic E-state index is 0.937. The van der Waals surface area contributed by atoms with Gasteiger partial charge in [-0.2, -0.15) is 0 Å². The summed E-state index contributed by atoms with van der Waals surface area (Å²) in [5, 5.41) is 3.20. The molecular formula is C16H23BrN2. The molecule has 1 heterocycles.